The number of nitrogens with one attached hydrogen (secondary N) is 3. The molecule has 0 saturated carbocycles. The topological polar surface area (TPSA) is 176 Å². The van der Waals surface area contributed by atoms with Crippen molar-refractivity contribution in [1.82, 2.24) is 26.1 Å². The molecule has 0 fully saturated rings. The summed E-state index contributed by atoms with van der Waals surface area (Å²) in [6, 6.07) is 10.6. The molecule has 1 aromatic heterocycles. The number of aryl methyl sites for hydroxylation is 2. The molecule has 2 aromatic carbocycles. The summed E-state index contributed by atoms with van der Waals surface area (Å²) in [7, 11) is 0. The summed E-state index contributed by atoms with van der Waals surface area (Å²) < 4.78 is 10.8. The molecular formula is C29H37N5O7. The van der Waals surface area contributed by atoms with E-state index in [1.165, 1.54) is 0 Å². The first-order chi connectivity index (χ1) is 19.3. The number of aromatic hydroxyl groups is 1. The predicted molar refractivity (Wildman–Crippen MR) is 150 cm³/mol. The van der Waals surface area contributed by atoms with Crippen molar-refractivity contribution in [3.05, 3.63) is 76.4 Å². The van der Waals surface area contributed by atoms with E-state index in [1.807, 2.05) is 30.3 Å². The lowest BCUT2D eigenvalue weighted by molar-refractivity contribution is -0.124. The number of hydrogen-bond acceptors (Lipinski definition) is 8. The average Bonchev–Trinajstić information content (AvgIpc) is 3.32. The number of ether oxygens (including phenoxy) is 1. The van der Waals surface area contributed by atoms with E-state index in [0.29, 0.717) is 23.4 Å². The minimum atomic E-state index is -1.37. The van der Waals surface area contributed by atoms with Crippen molar-refractivity contribution in [2.45, 2.75) is 71.6 Å². The Morgan fingerprint density at radius 2 is 1.71 bits per heavy atom. The number of nitrogens with zero attached hydrogens (tertiary/aromatic N) is 2. The van der Waals surface area contributed by atoms with Gasteiger partial charge in [-0.15, -0.1) is 0 Å². The zero-order valence-corrected chi connectivity index (χ0v) is 23.9. The number of phenolic OH excluding ortho intramolecular Hbond substituents is 1. The number of carbonyl (C=O) groups is 3. The van der Waals surface area contributed by atoms with Gasteiger partial charge in [-0.2, -0.15) is 4.98 Å². The third kappa shape index (κ3) is 9.82. The van der Waals surface area contributed by atoms with Gasteiger partial charge in [0.2, 0.25) is 11.8 Å². The van der Waals surface area contributed by atoms with E-state index in [1.54, 1.807) is 46.8 Å². The van der Waals surface area contributed by atoms with Crippen LogP contribution in [0.5, 0.6) is 5.75 Å². The van der Waals surface area contributed by atoms with Crippen LogP contribution in [0.4, 0.5) is 9.59 Å². The van der Waals surface area contributed by atoms with Crippen LogP contribution in [0.25, 0.3) is 0 Å². The summed E-state index contributed by atoms with van der Waals surface area (Å²) in [4.78, 5) is 41.7. The summed E-state index contributed by atoms with van der Waals surface area (Å²) in [5.74, 6) is -0.0250. The van der Waals surface area contributed by atoms with Gasteiger partial charge in [-0.1, -0.05) is 35.5 Å². The summed E-state index contributed by atoms with van der Waals surface area (Å²) >= 11 is 0. The van der Waals surface area contributed by atoms with Crippen LogP contribution >= 0.6 is 0 Å². The highest BCUT2D eigenvalue weighted by Crippen LogP contribution is 2.23. The zero-order chi connectivity index (χ0) is 30.2. The van der Waals surface area contributed by atoms with E-state index < -0.39 is 35.8 Å². The Kier molecular flexibility index (Phi) is 10.3. The van der Waals surface area contributed by atoms with Crippen molar-refractivity contribution >= 4 is 18.1 Å². The lowest BCUT2D eigenvalue weighted by atomic mass is 9.95. The largest absolute Gasteiger partial charge is 0.508 e. The van der Waals surface area contributed by atoms with Crippen molar-refractivity contribution in [1.29, 1.82) is 0 Å². The molecule has 0 bridgehead atoms. The Balaban J connectivity index is 1.81. The molecule has 0 spiro atoms. The van der Waals surface area contributed by atoms with Gasteiger partial charge in [0, 0.05) is 19.4 Å². The fourth-order valence-electron chi connectivity index (χ4n) is 4.28. The number of rotatable bonds is 11. The maximum absolute atomic E-state index is 13.5. The van der Waals surface area contributed by atoms with Crippen LogP contribution in [0.1, 0.15) is 67.2 Å². The first-order valence-corrected chi connectivity index (χ1v) is 13.2. The quantitative estimate of drug-likeness (QED) is 0.230. The van der Waals surface area contributed by atoms with E-state index in [9.17, 15) is 24.6 Å². The molecule has 2 atom stereocenters. The molecule has 12 heteroatoms. The summed E-state index contributed by atoms with van der Waals surface area (Å²) in [6.45, 7) is 8.88. The SMILES string of the molecule is Cc1cc(O)cc(C)c1CC(NC(=O)O)C(=O)NC(CCNC(=O)OC(C)(C)C)c1nc(Cc2ccccc2)no1. The average molecular weight is 568 g/mol. The minimum absolute atomic E-state index is 0.0437. The summed E-state index contributed by atoms with van der Waals surface area (Å²) in [5.41, 5.74) is 2.44. The molecule has 220 valence electrons. The number of alkyl carbamates (subject to hydrolysis) is 1. The van der Waals surface area contributed by atoms with Gasteiger partial charge in [0.25, 0.3) is 0 Å². The van der Waals surface area contributed by atoms with Gasteiger partial charge in [0.15, 0.2) is 5.82 Å². The van der Waals surface area contributed by atoms with Crippen LogP contribution < -0.4 is 16.0 Å². The number of amides is 3. The molecule has 3 aromatic rings. The highest BCUT2D eigenvalue weighted by Gasteiger charge is 2.28. The number of carboxylic acid groups (broad SMARTS) is 1. The smallest absolute Gasteiger partial charge is 0.407 e. The van der Waals surface area contributed by atoms with Crippen molar-refractivity contribution in [2.24, 2.45) is 0 Å². The van der Waals surface area contributed by atoms with E-state index in [-0.39, 0.29) is 31.0 Å². The molecule has 3 amide bonds. The number of hydrogen-bond donors (Lipinski definition) is 5. The van der Waals surface area contributed by atoms with Crippen LogP contribution in [-0.2, 0) is 22.4 Å². The molecule has 0 aliphatic carbocycles. The third-order valence-electron chi connectivity index (χ3n) is 6.11. The van der Waals surface area contributed by atoms with Crippen LogP contribution in [0.3, 0.4) is 0 Å². The summed E-state index contributed by atoms with van der Waals surface area (Å²) in [5, 5.41) is 31.1. The Morgan fingerprint density at radius 1 is 1.05 bits per heavy atom. The number of carbonyl (C=O) groups excluding carboxylic acids is 2. The van der Waals surface area contributed by atoms with Gasteiger partial charge in [0.1, 0.15) is 23.4 Å². The minimum Gasteiger partial charge on any atom is -0.508 e. The lowest BCUT2D eigenvalue weighted by Crippen LogP contribution is -2.49. The van der Waals surface area contributed by atoms with Crippen LogP contribution in [0.2, 0.25) is 0 Å². The van der Waals surface area contributed by atoms with Crippen LogP contribution in [0.15, 0.2) is 47.0 Å². The molecule has 0 aliphatic heterocycles. The Hall–Kier alpha value is -4.61. The maximum Gasteiger partial charge on any atom is 0.407 e. The van der Waals surface area contributed by atoms with Gasteiger partial charge in [-0.3, -0.25) is 4.79 Å². The highest BCUT2D eigenvalue weighted by atomic mass is 16.6. The number of benzene rings is 2. The van der Waals surface area contributed by atoms with Crippen LogP contribution in [-0.4, -0.2) is 56.6 Å². The number of phenols is 1. The van der Waals surface area contributed by atoms with Crippen molar-refractivity contribution < 1.29 is 33.9 Å². The molecule has 5 N–H and O–H groups in total. The van der Waals surface area contributed by atoms with E-state index in [0.717, 1.165) is 11.1 Å². The Bertz CT molecular complexity index is 1330. The monoisotopic (exact) mass is 567 g/mol. The molecule has 0 aliphatic rings. The van der Waals surface area contributed by atoms with E-state index >= 15 is 0 Å². The van der Waals surface area contributed by atoms with Gasteiger partial charge in [-0.05, 0) is 75.4 Å². The molecule has 0 radical (unpaired) electrons. The standard InChI is InChI=1S/C29H37N5O7/c1-17-13-20(35)14-18(2)21(17)16-23(32-27(37)38)25(36)31-22(11-12-30-28(39)40-29(3,4)5)26-33-24(34-41-26)15-19-9-7-6-8-10-19/h6-10,13-14,22-23,32,35H,11-12,15-16H2,1-5H3,(H,30,39)(H,31,36)(H,37,38). The molecule has 41 heavy (non-hydrogen) atoms. The molecule has 1 heterocycles. The first kappa shape index (κ1) is 30.9. The van der Waals surface area contributed by atoms with Crippen molar-refractivity contribution in [3.63, 3.8) is 0 Å². The molecule has 0 saturated heterocycles. The van der Waals surface area contributed by atoms with E-state index in [4.69, 9.17) is 9.26 Å². The number of aromatic nitrogens is 2. The molecule has 12 nitrogen and oxygen atoms in total. The summed E-state index contributed by atoms with van der Waals surface area (Å²) in [6.07, 6.45) is -1.38. The maximum atomic E-state index is 13.5. The normalized spacial score (nSPS) is 12.7. The fourth-order valence-corrected chi connectivity index (χ4v) is 4.28. The second-order valence-electron chi connectivity index (χ2n) is 10.8. The van der Waals surface area contributed by atoms with Gasteiger partial charge in [-0.25, -0.2) is 9.59 Å². The third-order valence-corrected chi connectivity index (χ3v) is 6.11. The molecule has 2 unspecified atom stereocenters. The second kappa shape index (κ2) is 13.6. The first-order valence-electron chi connectivity index (χ1n) is 13.2. The van der Waals surface area contributed by atoms with Gasteiger partial charge in [0.05, 0.1) is 0 Å². The Morgan fingerprint density at radius 3 is 2.32 bits per heavy atom. The fraction of sp³-hybridized carbons (Fsp3) is 0.414. The molecule has 3 rings (SSSR count). The highest BCUT2D eigenvalue weighted by molar-refractivity contribution is 5.86. The lowest BCUT2D eigenvalue weighted by Gasteiger charge is -2.23. The van der Waals surface area contributed by atoms with Gasteiger partial charge < -0.3 is 35.4 Å². The predicted octanol–water partition coefficient (Wildman–Crippen LogP) is 3.93. The molecular weight excluding hydrogens is 530 g/mol. The van der Waals surface area contributed by atoms with E-state index in [2.05, 4.69) is 26.1 Å². The van der Waals surface area contributed by atoms with Crippen LogP contribution in [0, 0.1) is 13.8 Å². The van der Waals surface area contributed by atoms with Gasteiger partial charge >= 0.3 is 12.2 Å². The second-order valence-corrected chi connectivity index (χ2v) is 10.8. The van der Waals surface area contributed by atoms with Crippen molar-refractivity contribution in [3.8, 4) is 5.75 Å². The Labute approximate surface area is 238 Å². The van der Waals surface area contributed by atoms with Crippen molar-refractivity contribution in [2.75, 3.05) is 6.54 Å². The zero-order valence-electron chi connectivity index (χ0n) is 23.9.